The molecule has 0 aliphatic rings. The fourth-order valence-corrected chi connectivity index (χ4v) is 3.17. The molecule has 0 fully saturated rings. The van der Waals surface area contributed by atoms with Crippen LogP contribution in [0.4, 0.5) is 11.4 Å². The van der Waals surface area contributed by atoms with Crippen molar-refractivity contribution < 1.29 is 9.90 Å². The summed E-state index contributed by atoms with van der Waals surface area (Å²) in [6, 6.07) is 14.4. The Morgan fingerprint density at radius 2 is 1.35 bits per heavy atom. The van der Waals surface area contributed by atoms with Crippen molar-refractivity contribution in [1.29, 1.82) is 0 Å². The van der Waals surface area contributed by atoms with E-state index in [9.17, 15) is 4.79 Å². The predicted molar refractivity (Wildman–Crippen MR) is 81.1 cm³/mol. The van der Waals surface area contributed by atoms with Crippen molar-refractivity contribution in [3.63, 3.8) is 0 Å². The van der Waals surface area contributed by atoms with Crippen LogP contribution in [-0.2, 0) is 0 Å². The zero-order chi connectivity index (χ0) is 14.5. The Hall–Kier alpha value is -1.93. The molecule has 0 radical (unpaired) electrons. The molecule has 102 valence electrons. The molecule has 0 aromatic heterocycles. The van der Waals surface area contributed by atoms with Crippen molar-refractivity contribution in [2.75, 3.05) is 0 Å². The van der Waals surface area contributed by atoms with E-state index in [0.717, 1.165) is 5.69 Å². The first-order valence-corrected chi connectivity index (χ1v) is 10.8. The van der Waals surface area contributed by atoms with Crippen molar-refractivity contribution in [2.24, 2.45) is 10.2 Å². The molecule has 0 unspecified atom stereocenters. The number of hydrogen-bond donors (Lipinski definition) is 1. The van der Waals surface area contributed by atoms with Gasteiger partial charge in [0.15, 0.2) is 0 Å². The van der Waals surface area contributed by atoms with Gasteiger partial charge < -0.3 is 0 Å². The van der Waals surface area contributed by atoms with Gasteiger partial charge in [-0.2, -0.15) is 0 Å². The summed E-state index contributed by atoms with van der Waals surface area (Å²) in [5, 5.41) is 17.0. The average Bonchev–Trinajstić information content (AvgIpc) is 2.46. The summed E-state index contributed by atoms with van der Waals surface area (Å²) in [4.78, 5) is 10.7. The van der Waals surface area contributed by atoms with E-state index in [4.69, 9.17) is 5.11 Å². The first kappa shape index (κ1) is 14.5. The summed E-state index contributed by atoms with van der Waals surface area (Å²) in [5.74, 6) is -0.942. The van der Waals surface area contributed by atoms with Crippen LogP contribution in [0.3, 0.4) is 0 Å². The Morgan fingerprint density at radius 3 is 1.75 bits per heavy atom. The third kappa shape index (κ3) is 3.78. The molecule has 0 saturated carbocycles. The van der Waals surface area contributed by atoms with Crippen LogP contribution in [0.1, 0.15) is 10.4 Å². The van der Waals surface area contributed by atoms with Gasteiger partial charge in [-0.05, 0) is 0 Å². The third-order valence-corrected chi connectivity index (χ3v) is 5.55. The minimum atomic E-state index is -0.942. The summed E-state index contributed by atoms with van der Waals surface area (Å²) in [5.41, 5.74) is 6.25. The number of carboxylic acids is 1. The Labute approximate surface area is 122 Å². The molecule has 1 N–H and O–H groups in total. The van der Waals surface area contributed by atoms with Gasteiger partial charge in [-0.3, -0.25) is 0 Å². The molecule has 0 heterocycles. The standard InChI is InChI=1S/C15H15AsN2O2/c1-16(2)12-5-9-14(10-6-12)18-17-13-7-3-11(4-8-13)15(19)20/h3-10H,1-2H3,(H,19,20). The van der Waals surface area contributed by atoms with Crippen molar-refractivity contribution in [3.05, 3.63) is 54.1 Å². The van der Waals surface area contributed by atoms with Crippen LogP contribution < -0.4 is 4.35 Å². The van der Waals surface area contributed by atoms with E-state index in [0.29, 0.717) is 5.69 Å². The first-order chi connectivity index (χ1) is 9.56. The first-order valence-electron chi connectivity index (χ1n) is 6.09. The van der Waals surface area contributed by atoms with Crippen molar-refractivity contribution >= 4 is 36.3 Å². The zero-order valence-electron chi connectivity index (χ0n) is 11.3. The molecule has 0 aliphatic heterocycles. The van der Waals surface area contributed by atoms with Crippen molar-refractivity contribution in [2.45, 2.75) is 11.4 Å². The molecule has 2 aromatic carbocycles. The van der Waals surface area contributed by atoms with E-state index in [1.807, 2.05) is 12.1 Å². The summed E-state index contributed by atoms with van der Waals surface area (Å²) >= 11 is -0.835. The topological polar surface area (TPSA) is 62.0 Å². The molecule has 0 aliphatic carbocycles. The molecule has 20 heavy (non-hydrogen) atoms. The Balaban J connectivity index is 2.10. The van der Waals surface area contributed by atoms with Gasteiger partial charge in [-0.1, -0.05) is 0 Å². The number of hydrogen-bond acceptors (Lipinski definition) is 3. The molecule has 0 spiro atoms. The van der Waals surface area contributed by atoms with Gasteiger partial charge >= 0.3 is 122 Å². The normalized spacial score (nSPS) is 11.2. The number of carbonyl (C=O) groups is 1. The summed E-state index contributed by atoms with van der Waals surface area (Å²) < 4.78 is 1.40. The molecule has 0 amide bonds. The van der Waals surface area contributed by atoms with Gasteiger partial charge in [0.25, 0.3) is 0 Å². The quantitative estimate of drug-likeness (QED) is 0.685. The Morgan fingerprint density at radius 1 is 0.900 bits per heavy atom. The van der Waals surface area contributed by atoms with Gasteiger partial charge in [-0.25, -0.2) is 0 Å². The second-order valence-electron chi connectivity index (χ2n) is 4.46. The number of azo groups is 1. The average molecular weight is 330 g/mol. The van der Waals surface area contributed by atoms with Crippen LogP contribution in [-0.4, -0.2) is 25.7 Å². The van der Waals surface area contributed by atoms with Crippen molar-refractivity contribution in [3.8, 4) is 0 Å². The summed E-state index contributed by atoms with van der Waals surface area (Å²) in [6.07, 6.45) is 0. The van der Waals surface area contributed by atoms with Crippen LogP contribution in [0.25, 0.3) is 0 Å². The SMILES string of the molecule is C[As](C)c1ccc(N=Nc2ccc(C(=O)O)cc2)cc1. The van der Waals surface area contributed by atoms with E-state index in [1.165, 1.54) is 16.5 Å². The van der Waals surface area contributed by atoms with Crippen LogP contribution in [0.5, 0.6) is 0 Å². The summed E-state index contributed by atoms with van der Waals surface area (Å²) in [7, 11) is 0. The molecule has 0 saturated heterocycles. The molecule has 2 rings (SSSR count). The minimum absolute atomic E-state index is 0.246. The maximum absolute atomic E-state index is 10.7. The maximum atomic E-state index is 10.7. The van der Waals surface area contributed by atoms with Gasteiger partial charge in [0.05, 0.1) is 0 Å². The van der Waals surface area contributed by atoms with Gasteiger partial charge in [-0.15, -0.1) is 0 Å². The summed E-state index contributed by atoms with van der Waals surface area (Å²) in [6.45, 7) is 0. The van der Waals surface area contributed by atoms with E-state index >= 15 is 0 Å². The molecule has 2 aromatic rings. The van der Waals surface area contributed by atoms with Gasteiger partial charge in [0.2, 0.25) is 0 Å². The number of rotatable bonds is 4. The van der Waals surface area contributed by atoms with E-state index in [-0.39, 0.29) is 5.56 Å². The zero-order valence-corrected chi connectivity index (χ0v) is 13.2. The molecule has 0 atom stereocenters. The fraction of sp³-hybridized carbons (Fsp3) is 0.133. The Bertz CT molecular complexity index is 619. The Kier molecular flexibility index (Phi) is 4.69. The van der Waals surface area contributed by atoms with E-state index < -0.39 is 20.6 Å². The van der Waals surface area contributed by atoms with Crippen LogP contribution in [0.15, 0.2) is 58.8 Å². The van der Waals surface area contributed by atoms with Crippen LogP contribution >= 0.6 is 0 Å². The number of carboxylic acid groups (broad SMARTS) is 1. The molecule has 4 nitrogen and oxygen atoms in total. The van der Waals surface area contributed by atoms with E-state index in [1.54, 1.807) is 12.1 Å². The molecule has 5 heteroatoms. The second-order valence-corrected chi connectivity index (χ2v) is 9.30. The molecular weight excluding hydrogens is 315 g/mol. The van der Waals surface area contributed by atoms with Gasteiger partial charge in [0, 0.05) is 0 Å². The van der Waals surface area contributed by atoms with E-state index in [2.05, 4.69) is 33.8 Å². The van der Waals surface area contributed by atoms with Gasteiger partial charge in [0.1, 0.15) is 0 Å². The van der Waals surface area contributed by atoms with Crippen LogP contribution in [0.2, 0.25) is 11.4 Å². The van der Waals surface area contributed by atoms with Crippen LogP contribution in [0, 0.1) is 0 Å². The van der Waals surface area contributed by atoms with Crippen molar-refractivity contribution in [1.82, 2.24) is 0 Å². The number of benzene rings is 2. The number of nitrogens with zero attached hydrogens (tertiary/aromatic N) is 2. The monoisotopic (exact) mass is 330 g/mol. The second kappa shape index (κ2) is 6.49. The third-order valence-electron chi connectivity index (χ3n) is 2.76. The fourth-order valence-electron chi connectivity index (χ4n) is 1.60. The predicted octanol–water partition coefficient (Wildman–Crippen LogP) is 3.76. The number of aromatic carboxylic acids is 1. The molecule has 0 bridgehead atoms. The molecular formula is C15H15AsN2O2.